The summed E-state index contributed by atoms with van der Waals surface area (Å²) >= 11 is 0. The van der Waals surface area contributed by atoms with Crippen molar-refractivity contribution in [1.82, 2.24) is 4.57 Å². The fourth-order valence-corrected chi connectivity index (χ4v) is 4.94. The van der Waals surface area contributed by atoms with Gasteiger partial charge in [0.15, 0.2) is 0 Å². The molecule has 1 aromatic carbocycles. The normalized spacial score (nSPS) is 11.3. The molecule has 0 fully saturated rings. The van der Waals surface area contributed by atoms with Crippen molar-refractivity contribution in [2.24, 2.45) is 0 Å². The molecule has 2 heteroatoms. The number of nitrogens with zero attached hydrogens (tertiary/aromatic N) is 2. The Labute approximate surface area is 205 Å². The van der Waals surface area contributed by atoms with Gasteiger partial charge in [0, 0.05) is 6.42 Å². The minimum atomic E-state index is 1.17. The van der Waals surface area contributed by atoms with E-state index in [9.17, 15) is 0 Å². The van der Waals surface area contributed by atoms with Crippen LogP contribution >= 0.6 is 0 Å². The van der Waals surface area contributed by atoms with Gasteiger partial charge in [0.2, 0.25) is 0 Å². The van der Waals surface area contributed by atoms with E-state index in [4.69, 9.17) is 0 Å². The van der Waals surface area contributed by atoms with E-state index in [0.717, 1.165) is 0 Å². The zero-order valence-electron chi connectivity index (χ0n) is 22.1. The Kier molecular flexibility index (Phi) is 15.8. The monoisotopic (exact) mass is 453 g/mol. The van der Waals surface area contributed by atoms with Gasteiger partial charge in [-0.25, -0.2) is 4.57 Å². The van der Waals surface area contributed by atoms with E-state index in [0.29, 0.717) is 0 Å². The van der Waals surface area contributed by atoms with Crippen LogP contribution in [0, 0.1) is 0 Å². The molecule has 0 bridgehead atoms. The highest BCUT2D eigenvalue weighted by molar-refractivity contribution is 5.31. The molecule has 0 aliphatic heterocycles. The number of benzene rings is 1. The van der Waals surface area contributed by atoms with Crippen LogP contribution in [0.15, 0.2) is 42.7 Å². The lowest BCUT2D eigenvalue weighted by molar-refractivity contribution is -0.704. The van der Waals surface area contributed by atoms with Crippen molar-refractivity contribution < 1.29 is 4.57 Å². The second-order valence-electron chi connectivity index (χ2n) is 10.0. The number of hydrogen-bond acceptors (Lipinski definition) is 0. The van der Waals surface area contributed by atoms with E-state index in [-0.39, 0.29) is 0 Å². The third-order valence-electron chi connectivity index (χ3n) is 7.05. The van der Waals surface area contributed by atoms with Crippen molar-refractivity contribution in [3.63, 3.8) is 0 Å². The molecule has 0 saturated heterocycles. The molecule has 0 saturated carbocycles. The fraction of sp³-hybridized carbons (Fsp3) is 0.710. The summed E-state index contributed by atoms with van der Waals surface area (Å²) in [6.45, 7) is 5.76. The van der Waals surface area contributed by atoms with Crippen LogP contribution in [0.5, 0.6) is 0 Å². The van der Waals surface area contributed by atoms with E-state index in [1.54, 1.807) is 0 Å². The molecule has 0 N–H and O–H groups in total. The molecule has 0 aliphatic rings. The predicted molar refractivity (Wildman–Crippen MR) is 144 cm³/mol. The topological polar surface area (TPSA) is 8.81 Å². The van der Waals surface area contributed by atoms with Gasteiger partial charge in [-0.3, -0.25) is 0 Å². The molecule has 0 amide bonds. The van der Waals surface area contributed by atoms with E-state index < -0.39 is 0 Å². The van der Waals surface area contributed by atoms with Crippen molar-refractivity contribution in [1.29, 1.82) is 0 Å². The maximum atomic E-state index is 2.53. The van der Waals surface area contributed by atoms with Crippen molar-refractivity contribution in [3.05, 3.63) is 48.5 Å². The summed E-state index contributed by atoms with van der Waals surface area (Å²) in [5, 5.41) is 0. The lowest BCUT2D eigenvalue weighted by Gasteiger charge is -2.06. The number of para-hydroxylation sites is 1. The number of hydrogen-bond donors (Lipinski definition) is 0. The van der Waals surface area contributed by atoms with Crippen LogP contribution in [0.4, 0.5) is 0 Å². The first-order valence-corrected chi connectivity index (χ1v) is 14.5. The zero-order valence-corrected chi connectivity index (χ0v) is 22.1. The molecule has 0 radical (unpaired) electrons. The molecule has 0 aliphatic carbocycles. The van der Waals surface area contributed by atoms with Crippen LogP contribution < -0.4 is 4.57 Å². The molecule has 0 spiro atoms. The number of unbranched alkanes of at least 4 members (excludes halogenated alkanes) is 16. The summed E-state index contributed by atoms with van der Waals surface area (Å²) in [5.74, 6) is 1.48. The van der Waals surface area contributed by atoms with E-state index >= 15 is 0 Å². The molecule has 2 nitrogen and oxygen atoms in total. The van der Waals surface area contributed by atoms with Crippen molar-refractivity contribution >= 4 is 0 Å². The van der Waals surface area contributed by atoms with Crippen molar-refractivity contribution in [3.8, 4) is 5.69 Å². The minimum Gasteiger partial charge on any atom is -0.234 e. The van der Waals surface area contributed by atoms with Crippen molar-refractivity contribution in [2.75, 3.05) is 0 Å². The molecule has 33 heavy (non-hydrogen) atoms. The maximum Gasteiger partial charge on any atom is 0.261 e. The molecule has 2 aromatic rings. The summed E-state index contributed by atoms with van der Waals surface area (Å²) in [6, 6.07) is 10.9. The van der Waals surface area contributed by atoms with Gasteiger partial charge >= 0.3 is 0 Å². The van der Waals surface area contributed by atoms with Crippen LogP contribution in [-0.2, 0) is 13.0 Å². The Hall–Kier alpha value is -1.57. The molecule has 1 heterocycles. The fourth-order valence-electron chi connectivity index (χ4n) is 4.94. The van der Waals surface area contributed by atoms with Gasteiger partial charge in [0.1, 0.15) is 18.1 Å². The predicted octanol–water partition coefficient (Wildman–Crippen LogP) is 9.37. The average molecular weight is 454 g/mol. The van der Waals surface area contributed by atoms with Gasteiger partial charge in [0.05, 0.1) is 6.54 Å². The Morgan fingerprint density at radius 1 is 0.576 bits per heavy atom. The van der Waals surface area contributed by atoms with E-state index in [1.807, 2.05) is 0 Å². The average Bonchev–Trinajstić information content (AvgIpc) is 3.25. The Morgan fingerprint density at radius 3 is 1.61 bits per heavy atom. The van der Waals surface area contributed by atoms with Gasteiger partial charge in [0.25, 0.3) is 5.82 Å². The SMILES string of the molecule is CCCCCCCCCCCCCCCC[n+]1ccn(-c2ccccc2)c1CCCCCC. The van der Waals surface area contributed by atoms with E-state index in [2.05, 4.69) is 65.7 Å². The second kappa shape index (κ2) is 18.8. The summed E-state index contributed by atoms with van der Waals surface area (Å²) in [6.07, 6.45) is 31.0. The Morgan fingerprint density at radius 2 is 1.06 bits per heavy atom. The highest BCUT2D eigenvalue weighted by Crippen LogP contribution is 2.15. The van der Waals surface area contributed by atoms with Crippen LogP contribution in [0.25, 0.3) is 5.69 Å². The maximum absolute atomic E-state index is 2.53. The standard InChI is InChI=1S/C31H53N2/c1-3-5-7-9-10-11-12-13-14-15-16-17-18-23-27-32-28-29-33(30-24-20-19-21-25-30)31(32)26-22-8-6-4-2/h19-21,24-25,28-29H,3-18,22-23,26-27H2,1-2H3/q+1. The second-order valence-corrected chi connectivity index (χ2v) is 10.0. The van der Waals surface area contributed by atoms with Gasteiger partial charge < -0.3 is 0 Å². The molecule has 0 atom stereocenters. The van der Waals surface area contributed by atoms with Crippen LogP contribution in [0.2, 0.25) is 0 Å². The number of imidazole rings is 1. The van der Waals surface area contributed by atoms with E-state index in [1.165, 1.54) is 140 Å². The highest BCUT2D eigenvalue weighted by Gasteiger charge is 2.18. The number of aryl methyl sites for hydroxylation is 1. The quantitative estimate of drug-likeness (QED) is 0.131. The van der Waals surface area contributed by atoms with Crippen LogP contribution in [0.3, 0.4) is 0 Å². The summed E-state index contributed by atoms with van der Waals surface area (Å²) in [5.41, 5.74) is 1.29. The lowest BCUT2D eigenvalue weighted by Crippen LogP contribution is -2.37. The largest absolute Gasteiger partial charge is 0.261 e. The van der Waals surface area contributed by atoms with Gasteiger partial charge in [-0.05, 0) is 31.4 Å². The smallest absolute Gasteiger partial charge is 0.234 e. The first-order valence-electron chi connectivity index (χ1n) is 14.5. The molecule has 0 unspecified atom stereocenters. The molecular formula is C31H53N2+. The Balaban J connectivity index is 1.61. The third-order valence-corrected chi connectivity index (χ3v) is 7.05. The summed E-state index contributed by atoms with van der Waals surface area (Å²) in [4.78, 5) is 0. The summed E-state index contributed by atoms with van der Waals surface area (Å²) < 4.78 is 4.94. The molecular weight excluding hydrogens is 400 g/mol. The minimum absolute atomic E-state index is 1.17. The molecule has 186 valence electrons. The zero-order chi connectivity index (χ0) is 23.4. The number of aromatic nitrogens is 2. The van der Waals surface area contributed by atoms with Crippen molar-refractivity contribution in [2.45, 2.75) is 142 Å². The molecule has 1 aromatic heterocycles. The van der Waals surface area contributed by atoms with Gasteiger partial charge in [-0.1, -0.05) is 128 Å². The first kappa shape index (κ1) is 27.7. The van der Waals surface area contributed by atoms with Crippen LogP contribution in [-0.4, -0.2) is 4.57 Å². The summed E-state index contributed by atoms with van der Waals surface area (Å²) in [7, 11) is 0. The van der Waals surface area contributed by atoms with Gasteiger partial charge in [-0.15, -0.1) is 0 Å². The first-order chi connectivity index (χ1) is 16.4. The molecule has 2 rings (SSSR count). The van der Waals surface area contributed by atoms with Crippen LogP contribution in [0.1, 0.15) is 135 Å². The highest BCUT2D eigenvalue weighted by atomic mass is 15.1. The third kappa shape index (κ3) is 11.9. The number of rotatable bonds is 21. The lowest BCUT2D eigenvalue weighted by atomic mass is 10.0. The Bertz CT molecular complexity index is 688. The van der Waals surface area contributed by atoms with Gasteiger partial charge in [-0.2, -0.15) is 4.57 Å².